The lowest BCUT2D eigenvalue weighted by Crippen LogP contribution is -2.46. The third-order valence-electron chi connectivity index (χ3n) is 4.79. The van der Waals surface area contributed by atoms with Crippen molar-refractivity contribution < 1.29 is 18.0 Å². The van der Waals surface area contributed by atoms with Gasteiger partial charge in [0.2, 0.25) is 15.9 Å². The van der Waals surface area contributed by atoms with Crippen molar-refractivity contribution in [2.24, 2.45) is 5.92 Å². The van der Waals surface area contributed by atoms with Crippen molar-refractivity contribution in [3.63, 3.8) is 0 Å². The highest BCUT2D eigenvalue weighted by Gasteiger charge is 2.26. The molecule has 0 aliphatic heterocycles. The number of hydrogen-bond donors (Lipinski definition) is 1. The molecule has 1 N–H and O–H groups in total. The molecule has 7 heteroatoms. The lowest BCUT2D eigenvalue weighted by molar-refractivity contribution is -0.122. The van der Waals surface area contributed by atoms with E-state index in [0.717, 1.165) is 23.6 Å². The summed E-state index contributed by atoms with van der Waals surface area (Å²) in [7, 11) is -2.38. The minimum atomic E-state index is -3.77. The average molecular weight is 366 g/mol. The van der Waals surface area contributed by atoms with E-state index in [-0.39, 0.29) is 29.2 Å². The van der Waals surface area contributed by atoms with E-state index in [0.29, 0.717) is 11.5 Å². The number of rotatable bonds is 6. The number of Topliss-reactive ketones (excluding diaryl/α,β-unsaturated/α-hetero) is 1. The van der Waals surface area contributed by atoms with Crippen molar-refractivity contribution in [1.82, 2.24) is 9.62 Å². The summed E-state index contributed by atoms with van der Waals surface area (Å²) >= 11 is 0. The topological polar surface area (TPSA) is 83.6 Å². The second kappa shape index (κ2) is 8.10. The number of benzene rings is 1. The van der Waals surface area contributed by atoms with Gasteiger partial charge in [0.15, 0.2) is 5.78 Å². The van der Waals surface area contributed by atoms with Crippen molar-refractivity contribution in [1.29, 1.82) is 0 Å². The molecule has 1 fully saturated rings. The number of amides is 1. The Morgan fingerprint density at radius 1 is 1.16 bits per heavy atom. The maximum atomic E-state index is 12.6. The van der Waals surface area contributed by atoms with Gasteiger partial charge in [0.1, 0.15) is 0 Å². The van der Waals surface area contributed by atoms with Crippen LogP contribution in [0.15, 0.2) is 29.2 Å². The van der Waals surface area contributed by atoms with Gasteiger partial charge in [-0.25, -0.2) is 8.42 Å². The van der Waals surface area contributed by atoms with Crippen molar-refractivity contribution in [2.75, 3.05) is 13.6 Å². The third-order valence-corrected chi connectivity index (χ3v) is 6.61. The zero-order valence-electron chi connectivity index (χ0n) is 15.0. The average Bonchev–Trinajstić information content (AvgIpc) is 2.57. The van der Waals surface area contributed by atoms with E-state index in [9.17, 15) is 18.0 Å². The number of likely N-dealkylation sites (N-methyl/N-ethyl adjacent to an activating group) is 1. The molecule has 0 heterocycles. The molecule has 0 saturated heterocycles. The molecule has 1 aliphatic rings. The standard InChI is InChI=1S/C18H26N2O4S/c1-13-6-4-5-7-17(13)19-18(22)12-20(3)25(23,24)16-10-8-15(9-11-16)14(2)21/h8-11,13,17H,4-7,12H2,1-3H3,(H,19,22)/t13-,17+/m1/s1. The van der Waals surface area contributed by atoms with Crippen LogP contribution in [0.25, 0.3) is 0 Å². The number of hydrogen-bond acceptors (Lipinski definition) is 4. The van der Waals surface area contributed by atoms with E-state index in [1.807, 2.05) is 0 Å². The molecule has 2 rings (SSSR count). The van der Waals surface area contributed by atoms with E-state index >= 15 is 0 Å². The van der Waals surface area contributed by atoms with Crippen LogP contribution in [0.5, 0.6) is 0 Å². The molecule has 138 valence electrons. The van der Waals surface area contributed by atoms with Crippen LogP contribution < -0.4 is 5.32 Å². The zero-order valence-corrected chi connectivity index (χ0v) is 15.8. The van der Waals surface area contributed by atoms with Gasteiger partial charge < -0.3 is 5.32 Å². The van der Waals surface area contributed by atoms with Gasteiger partial charge in [-0.15, -0.1) is 0 Å². The largest absolute Gasteiger partial charge is 0.352 e. The number of nitrogens with one attached hydrogen (secondary N) is 1. The summed E-state index contributed by atoms with van der Waals surface area (Å²) in [5.41, 5.74) is 0.450. The predicted octanol–water partition coefficient (Wildman–Crippen LogP) is 2.20. The number of carbonyl (C=O) groups is 2. The minimum Gasteiger partial charge on any atom is -0.352 e. The van der Waals surface area contributed by atoms with Crippen LogP contribution in [0.2, 0.25) is 0 Å². The van der Waals surface area contributed by atoms with Crippen molar-refractivity contribution in [3.8, 4) is 0 Å². The maximum Gasteiger partial charge on any atom is 0.243 e. The molecule has 6 nitrogen and oxygen atoms in total. The van der Waals surface area contributed by atoms with Crippen LogP contribution in [0.1, 0.15) is 49.9 Å². The monoisotopic (exact) mass is 366 g/mol. The Bertz CT molecular complexity index is 728. The predicted molar refractivity (Wildman–Crippen MR) is 95.8 cm³/mol. The summed E-state index contributed by atoms with van der Waals surface area (Å²) in [6.07, 6.45) is 4.29. The first-order valence-electron chi connectivity index (χ1n) is 8.58. The number of carbonyl (C=O) groups excluding carboxylic acids is 2. The number of sulfonamides is 1. The van der Waals surface area contributed by atoms with Crippen LogP contribution in [0.4, 0.5) is 0 Å². The molecule has 1 aliphatic carbocycles. The maximum absolute atomic E-state index is 12.6. The van der Waals surface area contributed by atoms with Crippen LogP contribution in [0.3, 0.4) is 0 Å². The molecular weight excluding hydrogens is 340 g/mol. The van der Waals surface area contributed by atoms with Gasteiger partial charge in [-0.2, -0.15) is 4.31 Å². The summed E-state index contributed by atoms with van der Waals surface area (Å²) in [4.78, 5) is 23.6. The molecule has 1 aromatic carbocycles. The molecule has 1 aromatic rings. The highest BCUT2D eigenvalue weighted by Crippen LogP contribution is 2.23. The Kier molecular flexibility index (Phi) is 6.35. The minimum absolute atomic E-state index is 0.0684. The van der Waals surface area contributed by atoms with Crippen LogP contribution in [-0.4, -0.2) is 44.0 Å². The molecule has 25 heavy (non-hydrogen) atoms. The fraction of sp³-hybridized carbons (Fsp3) is 0.556. The highest BCUT2D eigenvalue weighted by atomic mass is 32.2. The fourth-order valence-corrected chi connectivity index (χ4v) is 4.24. The summed E-state index contributed by atoms with van der Waals surface area (Å²) in [6.45, 7) is 3.31. The quantitative estimate of drug-likeness (QED) is 0.783. The molecule has 2 atom stereocenters. The number of ketones is 1. The molecule has 0 spiro atoms. The van der Waals surface area contributed by atoms with E-state index in [1.54, 1.807) is 0 Å². The Morgan fingerprint density at radius 3 is 2.32 bits per heavy atom. The van der Waals surface area contributed by atoms with Crippen molar-refractivity contribution in [3.05, 3.63) is 29.8 Å². The Balaban J connectivity index is 2.01. The molecule has 0 radical (unpaired) electrons. The van der Waals surface area contributed by atoms with Gasteiger partial charge in [-0.1, -0.05) is 31.9 Å². The summed E-state index contributed by atoms with van der Waals surface area (Å²) < 4.78 is 26.2. The second-order valence-corrected chi connectivity index (χ2v) is 8.82. The van der Waals surface area contributed by atoms with Gasteiger partial charge >= 0.3 is 0 Å². The van der Waals surface area contributed by atoms with E-state index in [4.69, 9.17) is 0 Å². The van der Waals surface area contributed by atoms with Crippen LogP contribution in [-0.2, 0) is 14.8 Å². The molecule has 1 amide bonds. The summed E-state index contributed by atoms with van der Waals surface area (Å²) in [5.74, 6) is 0.00204. The molecule has 0 bridgehead atoms. The summed E-state index contributed by atoms with van der Waals surface area (Å²) in [6, 6.07) is 5.86. The van der Waals surface area contributed by atoms with Crippen LogP contribution >= 0.6 is 0 Å². The first kappa shape index (κ1) is 19.6. The Hall–Kier alpha value is -1.73. The van der Waals surface area contributed by atoms with Gasteiger partial charge in [-0.3, -0.25) is 9.59 Å². The number of nitrogens with zero attached hydrogens (tertiary/aromatic N) is 1. The molecular formula is C18H26N2O4S. The van der Waals surface area contributed by atoms with E-state index in [1.165, 1.54) is 44.7 Å². The lowest BCUT2D eigenvalue weighted by atomic mass is 9.86. The van der Waals surface area contributed by atoms with Crippen LogP contribution in [0, 0.1) is 5.92 Å². The molecule has 0 aromatic heterocycles. The fourth-order valence-electron chi connectivity index (χ4n) is 3.11. The van der Waals surface area contributed by atoms with Crippen molar-refractivity contribution in [2.45, 2.75) is 50.5 Å². The Morgan fingerprint density at radius 2 is 1.76 bits per heavy atom. The SMILES string of the molecule is CC(=O)c1ccc(S(=O)(=O)N(C)CC(=O)N[C@H]2CCCC[C@H]2C)cc1. The molecule has 0 unspecified atom stereocenters. The van der Waals surface area contributed by atoms with Gasteiger partial charge in [0.05, 0.1) is 11.4 Å². The highest BCUT2D eigenvalue weighted by molar-refractivity contribution is 7.89. The third kappa shape index (κ3) is 4.89. The normalized spacial score (nSPS) is 21.1. The first-order valence-corrected chi connectivity index (χ1v) is 10.0. The van der Waals surface area contributed by atoms with E-state index < -0.39 is 10.0 Å². The van der Waals surface area contributed by atoms with Gasteiger partial charge in [0, 0.05) is 18.7 Å². The van der Waals surface area contributed by atoms with Gasteiger partial charge in [-0.05, 0) is 37.8 Å². The van der Waals surface area contributed by atoms with Gasteiger partial charge in [0.25, 0.3) is 0 Å². The molecule has 1 saturated carbocycles. The van der Waals surface area contributed by atoms with E-state index in [2.05, 4.69) is 12.2 Å². The smallest absolute Gasteiger partial charge is 0.243 e. The first-order chi connectivity index (χ1) is 11.7. The lowest BCUT2D eigenvalue weighted by Gasteiger charge is -2.30. The summed E-state index contributed by atoms with van der Waals surface area (Å²) in [5, 5.41) is 2.96. The zero-order chi connectivity index (χ0) is 18.6. The Labute approximate surface area is 149 Å². The van der Waals surface area contributed by atoms with Crippen molar-refractivity contribution >= 4 is 21.7 Å². The second-order valence-electron chi connectivity index (χ2n) is 6.78.